The molecule has 0 atom stereocenters. The molecule has 0 aromatic carbocycles. The maximum atomic E-state index is 10.2. The van der Waals surface area contributed by atoms with Gasteiger partial charge in [0.25, 0.3) is 0 Å². The molecular weight excluding hydrogens is 294 g/mol. The number of aromatic nitrogens is 2. The van der Waals surface area contributed by atoms with Gasteiger partial charge < -0.3 is 10.0 Å². The van der Waals surface area contributed by atoms with Crippen molar-refractivity contribution in [3.8, 4) is 0 Å². The number of aryl methyl sites for hydroxylation is 3. The number of thiophene rings is 1. The Morgan fingerprint density at radius 1 is 1.23 bits per heavy atom. The summed E-state index contributed by atoms with van der Waals surface area (Å²) in [5.41, 5.74) is 0.715. The van der Waals surface area contributed by atoms with E-state index >= 15 is 0 Å². The van der Waals surface area contributed by atoms with Crippen molar-refractivity contribution in [2.75, 3.05) is 18.0 Å². The van der Waals surface area contributed by atoms with Gasteiger partial charge in [0.15, 0.2) is 0 Å². The van der Waals surface area contributed by atoms with Crippen LogP contribution in [0.1, 0.15) is 49.9 Å². The van der Waals surface area contributed by atoms with E-state index in [1.165, 1.54) is 35.1 Å². The van der Waals surface area contributed by atoms with Gasteiger partial charge in [-0.15, -0.1) is 11.3 Å². The zero-order valence-corrected chi connectivity index (χ0v) is 14.8. The van der Waals surface area contributed by atoms with Crippen molar-refractivity contribution in [3.05, 3.63) is 16.3 Å². The van der Waals surface area contributed by atoms with E-state index in [2.05, 4.69) is 16.8 Å². The van der Waals surface area contributed by atoms with Crippen LogP contribution in [0.2, 0.25) is 0 Å². The highest BCUT2D eigenvalue weighted by atomic mass is 32.1. The molecule has 0 radical (unpaired) electrons. The van der Waals surface area contributed by atoms with Gasteiger partial charge in [0, 0.05) is 18.0 Å². The van der Waals surface area contributed by atoms with E-state index in [-0.39, 0.29) is 0 Å². The molecule has 1 N–H and O–H groups in total. The minimum atomic E-state index is -0.739. The SMILES string of the molecule is CCN(CC(C)(C)O)c1nc(C)nc2sc3c(c12)CCCC3. The molecule has 2 heterocycles. The summed E-state index contributed by atoms with van der Waals surface area (Å²) in [6.07, 6.45) is 4.84. The molecular formula is C17H25N3OS. The van der Waals surface area contributed by atoms with Gasteiger partial charge in [0.2, 0.25) is 0 Å². The molecule has 2 aromatic heterocycles. The van der Waals surface area contributed by atoms with Crippen LogP contribution < -0.4 is 4.90 Å². The van der Waals surface area contributed by atoms with Crippen LogP contribution in [0.5, 0.6) is 0 Å². The van der Waals surface area contributed by atoms with Crippen LogP contribution in [0.3, 0.4) is 0 Å². The Morgan fingerprint density at radius 3 is 2.64 bits per heavy atom. The molecule has 0 spiro atoms. The predicted molar refractivity (Wildman–Crippen MR) is 93.0 cm³/mol. The number of rotatable bonds is 4. The van der Waals surface area contributed by atoms with Gasteiger partial charge in [-0.2, -0.15) is 0 Å². The molecule has 1 aliphatic rings. The first-order valence-electron chi connectivity index (χ1n) is 8.15. The van der Waals surface area contributed by atoms with Crippen LogP contribution in [-0.4, -0.2) is 33.8 Å². The van der Waals surface area contributed by atoms with Crippen LogP contribution in [0.25, 0.3) is 10.2 Å². The quantitative estimate of drug-likeness (QED) is 0.937. The molecule has 0 saturated heterocycles. The zero-order chi connectivity index (χ0) is 15.9. The van der Waals surface area contributed by atoms with E-state index in [4.69, 9.17) is 4.98 Å². The number of aliphatic hydroxyl groups is 1. The molecule has 0 unspecified atom stereocenters. The average molecular weight is 319 g/mol. The van der Waals surface area contributed by atoms with E-state index in [1.807, 2.05) is 32.1 Å². The number of hydrogen-bond acceptors (Lipinski definition) is 5. The van der Waals surface area contributed by atoms with Crippen molar-refractivity contribution in [2.45, 2.75) is 59.0 Å². The predicted octanol–water partition coefficient (Wildman–Crippen LogP) is 3.48. The van der Waals surface area contributed by atoms with Crippen LogP contribution in [0, 0.1) is 6.92 Å². The Kier molecular flexibility index (Phi) is 4.12. The van der Waals surface area contributed by atoms with E-state index in [0.717, 1.165) is 29.4 Å². The van der Waals surface area contributed by atoms with Crippen LogP contribution in [-0.2, 0) is 12.8 Å². The van der Waals surface area contributed by atoms with Crippen molar-refractivity contribution in [1.82, 2.24) is 9.97 Å². The van der Waals surface area contributed by atoms with Crippen molar-refractivity contribution >= 4 is 27.4 Å². The summed E-state index contributed by atoms with van der Waals surface area (Å²) in [7, 11) is 0. The standard InChI is InChI=1S/C17H25N3OS/c1-5-20(10-17(3,4)21)15-14-12-8-6-7-9-13(12)22-16(14)19-11(2)18-15/h21H,5-10H2,1-4H3. The minimum absolute atomic E-state index is 0.583. The first-order valence-corrected chi connectivity index (χ1v) is 8.97. The Bertz CT molecular complexity index is 687. The molecule has 0 amide bonds. The smallest absolute Gasteiger partial charge is 0.141 e. The van der Waals surface area contributed by atoms with Crippen molar-refractivity contribution in [2.24, 2.45) is 0 Å². The first-order chi connectivity index (χ1) is 10.4. The van der Waals surface area contributed by atoms with E-state index in [0.29, 0.717) is 6.54 Å². The summed E-state index contributed by atoms with van der Waals surface area (Å²) in [6.45, 7) is 9.20. The lowest BCUT2D eigenvalue weighted by Crippen LogP contribution is -2.39. The first kappa shape index (κ1) is 15.7. The van der Waals surface area contributed by atoms with Crippen molar-refractivity contribution in [1.29, 1.82) is 0 Å². The third kappa shape index (κ3) is 2.97. The van der Waals surface area contributed by atoms with Crippen LogP contribution >= 0.6 is 11.3 Å². The molecule has 22 heavy (non-hydrogen) atoms. The second-order valence-corrected chi connectivity index (χ2v) is 7.90. The fourth-order valence-electron chi connectivity index (χ4n) is 3.27. The summed E-state index contributed by atoms with van der Waals surface area (Å²) < 4.78 is 0. The van der Waals surface area contributed by atoms with E-state index < -0.39 is 5.60 Å². The molecule has 2 aromatic rings. The van der Waals surface area contributed by atoms with Crippen LogP contribution in [0.4, 0.5) is 5.82 Å². The third-order valence-electron chi connectivity index (χ3n) is 4.17. The fourth-order valence-corrected chi connectivity index (χ4v) is 4.58. The topological polar surface area (TPSA) is 49.2 Å². The molecule has 3 rings (SSSR count). The number of nitrogens with zero attached hydrogens (tertiary/aromatic N) is 3. The molecule has 1 aliphatic carbocycles. The lowest BCUT2D eigenvalue weighted by atomic mass is 9.96. The van der Waals surface area contributed by atoms with Gasteiger partial charge >= 0.3 is 0 Å². The third-order valence-corrected chi connectivity index (χ3v) is 5.35. The van der Waals surface area contributed by atoms with E-state index in [1.54, 1.807) is 0 Å². The highest BCUT2D eigenvalue weighted by Gasteiger charge is 2.25. The highest BCUT2D eigenvalue weighted by Crippen LogP contribution is 2.39. The molecule has 0 saturated carbocycles. The molecule has 0 aliphatic heterocycles. The summed E-state index contributed by atoms with van der Waals surface area (Å²) in [6, 6.07) is 0. The molecule has 5 heteroatoms. The normalized spacial score (nSPS) is 15.1. The Labute approximate surface area is 136 Å². The summed E-state index contributed by atoms with van der Waals surface area (Å²) in [5.74, 6) is 1.82. The van der Waals surface area contributed by atoms with Gasteiger partial charge in [-0.3, -0.25) is 0 Å². The van der Waals surface area contributed by atoms with Gasteiger partial charge in [0.05, 0.1) is 11.0 Å². The van der Waals surface area contributed by atoms with Gasteiger partial charge in [0.1, 0.15) is 16.5 Å². The Morgan fingerprint density at radius 2 is 1.95 bits per heavy atom. The Balaban J connectivity index is 2.16. The maximum Gasteiger partial charge on any atom is 0.141 e. The summed E-state index contributed by atoms with van der Waals surface area (Å²) in [4.78, 5) is 14.2. The second-order valence-electron chi connectivity index (χ2n) is 6.81. The maximum absolute atomic E-state index is 10.2. The zero-order valence-electron chi connectivity index (χ0n) is 13.9. The average Bonchev–Trinajstić information content (AvgIpc) is 2.80. The lowest BCUT2D eigenvalue weighted by Gasteiger charge is -2.30. The molecule has 0 bridgehead atoms. The van der Waals surface area contributed by atoms with Gasteiger partial charge in [-0.1, -0.05) is 0 Å². The van der Waals surface area contributed by atoms with Crippen molar-refractivity contribution < 1.29 is 5.11 Å². The van der Waals surface area contributed by atoms with Gasteiger partial charge in [-0.25, -0.2) is 9.97 Å². The number of likely N-dealkylation sites (N-methyl/N-ethyl adjacent to an activating group) is 1. The van der Waals surface area contributed by atoms with Crippen LogP contribution in [0.15, 0.2) is 0 Å². The second kappa shape index (κ2) is 5.78. The molecule has 0 fully saturated rings. The summed E-state index contributed by atoms with van der Waals surface area (Å²) >= 11 is 1.83. The summed E-state index contributed by atoms with van der Waals surface area (Å²) in [5, 5.41) is 11.5. The monoisotopic (exact) mass is 319 g/mol. The molecule has 4 nitrogen and oxygen atoms in total. The van der Waals surface area contributed by atoms with Gasteiger partial charge in [-0.05, 0) is 58.9 Å². The largest absolute Gasteiger partial charge is 0.389 e. The fraction of sp³-hybridized carbons (Fsp3) is 0.647. The lowest BCUT2D eigenvalue weighted by molar-refractivity contribution is 0.0874. The van der Waals surface area contributed by atoms with Crippen molar-refractivity contribution in [3.63, 3.8) is 0 Å². The number of anilines is 1. The number of fused-ring (bicyclic) bond motifs is 3. The number of hydrogen-bond donors (Lipinski definition) is 1. The molecule has 120 valence electrons. The Hall–Kier alpha value is -1.20. The highest BCUT2D eigenvalue weighted by molar-refractivity contribution is 7.19. The van der Waals surface area contributed by atoms with E-state index in [9.17, 15) is 5.11 Å². The minimum Gasteiger partial charge on any atom is -0.389 e.